The summed E-state index contributed by atoms with van der Waals surface area (Å²) in [6.07, 6.45) is 6.45. The second kappa shape index (κ2) is 5.48. The van der Waals surface area contributed by atoms with E-state index in [-0.39, 0.29) is 0 Å². The molecule has 3 nitrogen and oxygen atoms in total. The lowest BCUT2D eigenvalue weighted by Gasteiger charge is -2.36. The molecule has 3 heteroatoms. The van der Waals surface area contributed by atoms with Crippen molar-refractivity contribution in [3.63, 3.8) is 0 Å². The van der Waals surface area contributed by atoms with Crippen LogP contribution < -0.4 is 5.32 Å². The Morgan fingerprint density at radius 1 is 1.19 bits per heavy atom. The summed E-state index contributed by atoms with van der Waals surface area (Å²) in [5, 5.41) is 13.9. The molecule has 0 atom stereocenters. The number of hydrogen-bond acceptors (Lipinski definition) is 3. The number of hydrogen-bond donors (Lipinski definition) is 2. The van der Waals surface area contributed by atoms with Gasteiger partial charge in [0.15, 0.2) is 0 Å². The summed E-state index contributed by atoms with van der Waals surface area (Å²) in [5.74, 6) is 0.795. The maximum absolute atomic E-state index is 10.4. The first kappa shape index (κ1) is 12.3. The van der Waals surface area contributed by atoms with Crippen LogP contribution in [0, 0.1) is 5.92 Å². The maximum Gasteiger partial charge on any atom is 0.0771 e. The SMILES string of the molecule is CC1CCC(O)(CNC2CCOCC2)CC1. The van der Waals surface area contributed by atoms with Gasteiger partial charge < -0.3 is 15.2 Å². The van der Waals surface area contributed by atoms with Crippen LogP contribution in [0.3, 0.4) is 0 Å². The normalized spacial score (nSPS) is 37.5. The first-order chi connectivity index (χ1) is 7.68. The summed E-state index contributed by atoms with van der Waals surface area (Å²) >= 11 is 0. The average Bonchev–Trinajstić information content (AvgIpc) is 2.33. The molecule has 2 rings (SSSR count). The van der Waals surface area contributed by atoms with Crippen molar-refractivity contribution in [3.05, 3.63) is 0 Å². The molecule has 0 amide bonds. The van der Waals surface area contributed by atoms with Crippen molar-refractivity contribution in [3.8, 4) is 0 Å². The molecular formula is C13H25NO2. The molecule has 1 heterocycles. The highest BCUT2D eigenvalue weighted by atomic mass is 16.5. The van der Waals surface area contributed by atoms with Crippen LogP contribution in [-0.2, 0) is 4.74 Å². The Morgan fingerprint density at radius 2 is 1.81 bits per heavy atom. The lowest BCUT2D eigenvalue weighted by atomic mass is 9.79. The van der Waals surface area contributed by atoms with Gasteiger partial charge in [-0.25, -0.2) is 0 Å². The van der Waals surface area contributed by atoms with E-state index >= 15 is 0 Å². The van der Waals surface area contributed by atoms with Crippen LogP contribution in [0.2, 0.25) is 0 Å². The number of ether oxygens (including phenoxy) is 1. The average molecular weight is 227 g/mol. The number of nitrogens with one attached hydrogen (secondary N) is 1. The van der Waals surface area contributed by atoms with E-state index < -0.39 is 5.60 Å². The van der Waals surface area contributed by atoms with Crippen LogP contribution >= 0.6 is 0 Å². The fraction of sp³-hybridized carbons (Fsp3) is 1.00. The van der Waals surface area contributed by atoms with Crippen LogP contribution in [0.4, 0.5) is 0 Å². The van der Waals surface area contributed by atoms with E-state index in [0.29, 0.717) is 6.04 Å². The Morgan fingerprint density at radius 3 is 2.44 bits per heavy atom. The summed E-state index contributed by atoms with van der Waals surface area (Å²) in [5.41, 5.74) is -0.440. The molecule has 0 unspecified atom stereocenters. The topological polar surface area (TPSA) is 41.5 Å². The van der Waals surface area contributed by atoms with E-state index in [1.807, 2.05) is 0 Å². The third kappa shape index (κ3) is 3.44. The van der Waals surface area contributed by atoms with Gasteiger partial charge >= 0.3 is 0 Å². The highest BCUT2D eigenvalue weighted by molar-refractivity contribution is 4.87. The number of rotatable bonds is 3. The van der Waals surface area contributed by atoms with E-state index in [2.05, 4.69) is 12.2 Å². The van der Waals surface area contributed by atoms with Crippen LogP contribution in [0.25, 0.3) is 0 Å². The molecule has 1 saturated carbocycles. The summed E-state index contributed by atoms with van der Waals surface area (Å²) < 4.78 is 5.33. The standard InChI is InChI=1S/C13H25NO2/c1-11-2-6-13(15,7-3-11)10-14-12-4-8-16-9-5-12/h11-12,14-15H,2-10H2,1H3. The molecule has 2 fully saturated rings. The second-order valence-electron chi connectivity index (χ2n) is 5.67. The van der Waals surface area contributed by atoms with E-state index in [4.69, 9.17) is 4.74 Å². The van der Waals surface area contributed by atoms with Crippen molar-refractivity contribution in [2.45, 2.75) is 57.1 Å². The highest BCUT2D eigenvalue weighted by Crippen LogP contribution is 2.31. The molecule has 2 aliphatic rings. The predicted octanol–water partition coefficient (Wildman–Crippen LogP) is 1.70. The first-order valence-electron chi connectivity index (χ1n) is 6.71. The Balaban J connectivity index is 1.71. The maximum atomic E-state index is 10.4. The summed E-state index contributed by atoms with van der Waals surface area (Å²) in [7, 11) is 0. The molecule has 0 radical (unpaired) electrons. The van der Waals surface area contributed by atoms with Crippen LogP contribution in [0.1, 0.15) is 45.4 Å². The van der Waals surface area contributed by atoms with Gasteiger partial charge in [0.2, 0.25) is 0 Å². The molecular weight excluding hydrogens is 202 g/mol. The lowest BCUT2D eigenvalue weighted by molar-refractivity contribution is -0.0127. The summed E-state index contributed by atoms with van der Waals surface area (Å²) in [6.45, 7) is 4.79. The molecule has 1 aliphatic carbocycles. The fourth-order valence-corrected chi connectivity index (χ4v) is 2.71. The van der Waals surface area contributed by atoms with Gasteiger partial charge in [-0.2, -0.15) is 0 Å². The fourth-order valence-electron chi connectivity index (χ4n) is 2.71. The quantitative estimate of drug-likeness (QED) is 0.771. The zero-order valence-electron chi connectivity index (χ0n) is 10.4. The van der Waals surface area contributed by atoms with Crippen molar-refractivity contribution in [2.75, 3.05) is 19.8 Å². The predicted molar refractivity (Wildman–Crippen MR) is 64.4 cm³/mol. The van der Waals surface area contributed by atoms with Gasteiger partial charge in [0, 0.05) is 25.8 Å². The second-order valence-corrected chi connectivity index (χ2v) is 5.67. The van der Waals surface area contributed by atoms with Crippen LogP contribution in [0.5, 0.6) is 0 Å². The van der Waals surface area contributed by atoms with E-state index in [0.717, 1.165) is 51.4 Å². The summed E-state index contributed by atoms with van der Waals surface area (Å²) in [4.78, 5) is 0. The molecule has 0 bridgehead atoms. The third-order valence-corrected chi connectivity index (χ3v) is 4.15. The molecule has 1 saturated heterocycles. The Hall–Kier alpha value is -0.120. The smallest absolute Gasteiger partial charge is 0.0771 e. The summed E-state index contributed by atoms with van der Waals surface area (Å²) in [6, 6.07) is 0.553. The minimum Gasteiger partial charge on any atom is -0.389 e. The molecule has 0 aromatic heterocycles. The lowest BCUT2D eigenvalue weighted by Crippen LogP contribution is -2.47. The van der Waals surface area contributed by atoms with Gasteiger partial charge in [0.05, 0.1) is 5.60 Å². The Bertz CT molecular complexity index is 206. The molecule has 94 valence electrons. The Kier molecular flexibility index (Phi) is 4.22. The van der Waals surface area contributed by atoms with E-state index in [9.17, 15) is 5.11 Å². The van der Waals surface area contributed by atoms with Crippen molar-refractivity contribution >= 4 is 0 Å². The van der Waals surface area contributed by atoms with Gasteiger partial charge in [0.25, 0.3) is 0 Å². The van der Waals surface area contributed by atoms with Gasteiger partial charge in [-0.1, -0.05) is 6.92 Å². The van der Waals surface area contributed by atoms with E-state index in [1.54, 1.807) is 0 Å². The van der Waals surface area contributed by atoms with E-state index in [1.165, 1.54) is 12.8 Å². The highest BCUT2D eigenvalue weighted by Gasteiger charge is 2.32. The third-order valence-electron chi connectivity index (χ3n) is 4.15. The van der Waals surface area contributed by atoms with Crippen LogP contribution in [-0.4, -0.2) is 36.5 Å². The minimum absolute atomic E-state index is 0.440. The Labute approximate surface area is 98.6 Å². The first-order valence-corrected chi connectivity index (χ1v) is 6.71. The zero-order valence-corrected chi connectivity index (χ0v) is 10.4. The van der Waals surface area contributed by atoms with Gasteiger partial charge in [-0.05, 0) is 44.4 Å². The van der Waals surface area contributed by atoms with Gasteiger partial charge in [-0.15, -0.1) is 0 Å². The molecule has 0 spiro atoms. The molecule has 2 N–H and O–H groups in total. The molecule has 0 aromatic carbocycles. The largest absolute Gasteiger partial charge is 0.389 e. The number of aliphatic hydroxyl groups is 1. The molecule has 0 aromatic rings. The van der Waals surface area contributed by atoms with Crippen molar-refractivity contribution in [1.82, 2.24) is 5.32 Å². The molecule has 16 heavy (non-hydrogen) atoms. The minimum atomic E-state index is -0.440. The monoisotopic (exact) mass is 227 g/mol. The molecule has 1 aliphatic heterocycles. The van der Waals surface area contributed by atoms with Crippen LogP contribution in [0.15, 0.2) is 0 Å². The van der Waals surface area contributed by atoms with Gasteiger partial charge in [-0.3, -0.25) is 0 Å². The van der Waals surface area contributed by atoms with Gasteiger partial charge in [0.1, 0.15) is 0 Å². The van der Waals surface area contributed by atoms with Crippen molar-refractivity contribution in [1.29, 1.82) is 0 Å². The zero-order chi connectivity index (χ0) is 11.4. The van der Waals surface area contributed by atoms with Crippen molar-refractivity contribution in [2.24, 2.45) is 5.92 Å². The van der Waals surface area contributed by atoms with Crippen molar-refractivity contribution < 1.29 is 9.84 Å².